The van der Waals surface area contributed by atoms with E-state index in [1.54, 1.807) is 4.90 Å². The number of amides is 1. The summed E-state index contributed by atoms with van der Waals surface area (Å²) in [5, 5.41) is 0.198. The van der Waals surface area contributed by atoms with Gasteiger partial charge in [0.15, 0.2) is 5.78 Å². The van der Waals surface area contributed by atoms with Crippen LogP contribution in [0.25, 0.3) is 11.0 Å². The van der Waals surface area contributed by atoms with E-state index in [-0.39, 0.29) is 34.8 Å². The van der Waals surface area contributed by atoms with Gasteiger partial charge in [-0.25, -0.2) is 14.2 Å². The molecule has 2 aromatic heterocycles. The molecule has 1 fully saturated rings. The van der Waals surface area contributed by atoms with E-state index in [1.165, 1.54) is 55.2 Å². The molecule has 0 radical (unpaired) electrons. The lowest BCUT2D eigenvalue weighted by atomic mass is 10.1. The van der Waals surface area contributed by atoms with E-state index in [9.17, 15) is 23.6 Å². The first-order chi connectivity index (χ1) is 15.3. The number of pyridine rings is 1. The second-order valence-corrected chi connectivity index (χ2v) is 7.80. The molecule has 3 heterocycles. The van der Waals surface area contributed by atoms with E-state index in [0.717, 1.165) is 4.57 Å². The monoisotopic (exact) mass is 439 g/mol. The maximum absolute atomic E-state index is 13.0. The van der Waals surface area contributed by atoms with E-state index in [0.29, 0.717) is 31.7 Å². The molecule has 4 rings (SSSR count). The average Bonchev–Trinajstić information content (AvgIpc) is 2.81. The fourth-order valence-corrected chi connectivity index (χ4v) is 3.80. The van der Waals surface area contributed by atoms with Crippen molar-refractivity contribution in [2.75, 3.05) is 32.7 Å². The van der Waals surface area contributed by atoms with Gasteiger partial charge in [-0.1, -0.05) is 0 Å². The Morgan fingerprint density at radius 2 is 1.62 bits per heavy atom. The Hall–Kier alpha value is -3.66. The van der Waals surface area contributed by atoms with Gasteiger partial charge < -0.3 is 4.90 Å². The normalized spacial score (nSPS) is 14.7. The molecule has 1 aliphatic heterocycles. The molecule has 32 heavy (non-hydrogen) atoms. The topological polar surface area (TPSA) is 97.5 Å². The molecule has 9 nitrogen and oxygen atoms in total. The van der Waals surface area contributed by atoms with Gasteiger partial charge in [-0.3, -0.25) is 28.4 Å². The van der Waals surface area contributed by atoms with E-state index in [1.807, 2.05) is 4.90 Å². The summed E-state index contributed by atoms with van der Waals surface area (Å²) in [5.74, 6) is -0.762. The zero-order valence-electron chi connectivity index (χ0n) is 17.7. The van der Waals surface area contributed by atoms with E-state index >= 15 is 0 Å². The van der Waals surface area contributed by atoms with Crippen molar-refractivity contribution in [1.82, 2.24) is 23.9 Å². The molecular weight excluding hydrogens is 417 g/mol. The summed E-state index contributed by atoms with van der Waals surface area (Å²) in [5.41, 5.74) is -0.0549. The highest BCUT2D eigenvalue weighted by molar-refractivity contribution is 5.98. The lowest BCUT2D eigenvalue weighted by Gasteiger charge is -2.34. The van der Waals surface area contributed by atoms with Crippen molar-refractivity contribution in [2.45, 2.75) is 0 Å². The number of aryl methyl sites for hydroxylation is 1. The van der Waals surface area contributed by atoms with Crippen molar-refractivity contribution < 1.29 is 14.0 Å². The average molecular weight is 439 g/mol. The molecule has 0 aliphatic carbocycles. The Bertz CT molecular complexity index is 1320. The summed E-state index contributed by atoms with van der Waals surface area (Å²) in [4.78, 5) is 57.6. The van der Waals surface area contributed by atoms with Crippen LogP contribution in [0.15, 0.2) is 46.1 Å². The summed E-state index contributed by atoms with van der Waals surface area (Å²) >= 11 is 0. The van der Waals surface area contributed by atoms with Crippen molar-refractivity contribution in [3.05, 3.63) is 74.3 Å². The lowest BCUT2D eigenvalue weighted by Crippen LogP contribution is -2.50. The van der Waals surface area contributed by atoms with Crippen LogP contribution in [0.1, 0.15) is 20.7 Å². The molecule has 1 aliphatic rings. The van der Waals surface area contributed by atoms with Crippen molar-refractivity contribution >= 4 is 22.7 Å². The number of nitrogens with zero attached hydrogens (tertiary/aromatic N) is 5. The number of fused-ring (bicyclic) bond motifs is 1. The van der Waals surface area contributed by atoms with Crippen molar-refractivity contribution in [3.8, 4) is 0 Å². The molecule has 0 saturated carbocycles. The van der Waals surface area contributed by atoms with Gasteiger partial charge in [0.05, 0.1) is 17.5 Å². The maximum Gasteiger partial charge on any atom is 0.332 e. The molecule has 10 heteroatoms. The number of benzene rings is 1. The number of carbonyl (C=O) groups excluding carboxylic acids is 2. The third kappa shape index (κ3) is 3.96. The molecule has 0 unspecified atom stereocenters. The predicted octanol–water partition coefficient (Wildman–Crippen LogP) is 0.412. The number of hydrogen-bond acceptors (Lipinski definition) is 6. The summed E-state index contributed by atoms with van der Waals surface area (Å²) in [6.45, 7) is 2.04. The molecule has 0 spiro atoms. The van der Waals surface area contributed by atoms with Crippen LogP contribution in [0, 0.1) is 5.82 Å². The van der Waals surface area contributed by atoms with Gasteiger partial charge in [-0.2, -0.15) is 0 Å². The minimum absolute atomic E-state index is 0.107. The zero-order valence-corrected chi connectivity index (χ0v) is 17.7. The minimum Gasteiger partial charge on any atom is -0.336 e. The highest BCUT2D eigenvalue weighted by Gasteiger charge is 2.24. The number of Topliss-reactive ketones (excluding diaryl/α,β-unsaturated/α-hetero) is 1. The number of rotatable bonds is 4. The summed E-state index contributed by atoms with van der Waals surface area (Å²) in [6, 6.07) is 6.91. The zero-order chi connectivity index (χ0) is 23.0. The first-order valence-electron chi connectivity index (χ1n) is 10.1. The third-order valence-electron chi connectivity index (χ3n) is 5.73. The van der Waals surface area contributed by atoms with Gasteiger partial charge in [0.25, 0.3) is 11.5 Å². The number of ketones is 1. The second-order valence-electron chi connectivity index (χ2n) is 7.80. The molecule has 166 valence electrons. The quantitative estimate of drug-likeness (QED) is 0.547. The Labute approximate surface area is 182 Å². The van der Waals surface area contributed by atoms with Crippen LogP contribution in [0.5, 0.6) is 0 Å². The molecule has 1 saturated heterocycles. The van der Waals surface area contributed by atoms with Gasteiger partial charge in [0, 0.05) is 52.0 Å². The van der Waals surface area contributed by atoms with Crippen molar-refractivity contribution in [3.63, 3.8) is 0 Å². The Morgan fingerprint density at radius 1 is 0.969 bits per heavy atom. The molecular formula is C22H22FN5O4. The second kappa shape index (κ2) is 8.46. The Morgan fingerprint density at radius 3 is 2.28 bits per heavy atom. The van der Waals surface area contributed by atoms with Gasteiger partial charge >= 0.3 is 5.69 Å². The number of halogens is 1. The number of piperazine rings is 1. The molecule has 0 atom stereocenters. The van der Waals surface area contributed by atoms with Gasteiger partial charge in [-0.15, -0.1) is 0 Å². The predicted molar refractivity (Wildman–Crippen MR) is 115 cm³/mol. The van der Waals surface area contributed by atoms with Crippen LogP contribution in [-0.4, -0.2) is 68.3 Å². The van der Waals surface area contributed by atoms with Crippen LogP contribution in [0.3, 0.4) is 0 Å². The highest BCUT2D eigenvalue weighted by atomic mass is 19.1. The first-order valence-corrected chi connectivity index (χ1v) is 10.1. The minimum atomic E-state index is -0.505. The lowest BCUT2D eigenvalue weighted by molar-refractivity contribution is 0.0624. The fourth-order valence-electron chi connectivity index (χ4n) is 3.80. The van der Waals surface area contributed by atoms with Crippen LogP contribution < -0.4 is 11.2 Å². The van der Waals surface area contributed by atoms with E-state index in [4.69, 9.17) is 0 Å². The van der Waals surface area contributed by atoms with E-state index < -0.39 is 17.1 Å². The standard InChI is InChI=1S/C22H22FN5O4/c1-25-19-17(21(31)26(2)22(25)32)11-15(12-24-19)20(30)28-9-7-27(8-10-28)13-18(29)14-3-5-16(23)6-4-14/h3-6,11-12H,7-10,13H2,1-2H3. The molecule has 1 aromatic carbocycles. The van der Waals surface area contributed by atoms with Crippen LogP contribution in [0.4, 0.5) is 4.39 Å². The van der Waals surface area contributed by atoms with Gasteiger partial charge in [-0.05, 0) is 30.3 Å². The number of hydrogen-bond donors (Lipinski definition) is 0. The van der Waals surface area contributed by atoms with Gasteiger partial charge in [0.1, 0.15) is 11.5 Å². The van der Waals surface area contributed by atoms with Crippen molar-refractivity contribution in [1.29, 1.82) is 0 Å². The summed E-state index contributed by atoms with van der Waals surface area (Å²) in [6.07, 6.45) is 1.37. The van der Waals surface area contributed by atoms with Crippen LogP contribution in [-0.2, 0) is 14.1 Å². The molecule has 3 aromatic rings. The molecule has 0 N–H and O–H groups in total. The number of carbonyl (C=O) groups is 2. The van der Waals surface area contributed by atoms with Crippen LogP contribution in [0.2, 0.25) is 0 Å². The first kappa shape index (κ1) is 21.6. The highest BCUT2D eigenvalue weighted by Crippen LogP contribution is 2.13. The third-order valence-corrected chi connectivity index (χ3v) is 5.73. The Balaban J connectivity index is 1.45. The van der Waals surface area contributed by atoms with E-state index in [2.05, 4.69) is 4.98 Å². The molecule has 0 bridgehead atoms. The van der Waals surface area contributed by atoms with Gasteiger partial charge in [0.2, 0.25) is 0 Å². The fraction of sp³-hybridized carbons (Fsp3) is 0.318. The SMILES string of the molecule is Cn1c(=O)c2cc(C(=O)N3CCN(CC(=O)c4ccc(F)cc4)CC3)cnc2n(C)c1=O. The Kier molecular flexibility index (Phi) is 5.70. The smallest absolute Gasteiger partial charge is 0.332 e. The molecule has 1 amide bonds. The van der Waals surface area contributed by atoms with Crippen molar-refractivity contribution in [2.24, 2.45) is 14.1 Å². The largest absolute Gasteiger partial charge is 0.336 e. The number of aromatic nitrogens is 3. The maximum atomic E-state index is 13.0. The summed E-state index contributed by atoms with van der Waals surface area (Å²) in [7, 11) is 2.90. The summed E-state index contributed by atoms with van der Waals surface area (Å²) < 4.78 is 15.3. The van der Waals surface area contributed by atoms with Crippen LogP contribution >= 0.6 is 0 Å².